The van der Waals surface area contributed by atoms with Crippen molar-refractivity contribution in [2.75, 3.05) is 13.4 Å². The van der Waals surface area contributed by atoms with Gasteiger partial charge in [-0.2, -0.15) is 0 Å². The minimum Gasteiger partial charge on any atom is -0.495 e. The maximum atomic E-state index is 11.8. The van der Waals surface area contributed by atoms with Gasteiger partial charge in [0.2, 0.25) is 5.91 Å². The summed E-state index contributed by atoms with van der Waals surface area (Å²) in [6.45, 7) is 4.08. The van der Waals surface area contributed by atoms with Gasteiger partial charge in [0.25, 0.3) is 0 Å². The molecule has 0 bridgehead atoms. The number of amides is 1. The third kappa shape index (κ3) is 3.75. The first-order chi connectivity index (χ1) is 10.4. The molecule has 0 aromatic heterocycles. The number of rotatable bonds is 4. The number of nitrogens with one attached hydrogen (secondary N) is 2. The van der Waals surface area contributed by atoms with Crippen LogP contribution >= 0.6 is 0 Å². The number of methoxy groups -OCH3 is 1. The molecule has 1 aliphatic heterocycles. The largest absolute Gasteiger partial charge is 0.495 e. The summed E-state index contributed by atoms with van der Waals surface area (Å²) in [5.41, 5.74) is 7.81. The Balaban J connectivity index is 2.26. The second-order valence-electron chi connectivity index (χ2n) is 5.60. The van der Waals surface area contributed by atoms with Gasteiger partial charge >= 0.3 is 0 Å². The van der Waals surface area contributed by atoms with E-state index in [4.69, 9.17) is 4.74 Å². The van der Waals surface area contributed by atoms with Gasteiger partial charge in [0.15, 0.2) is 0 Å². The SMILES string of the molecule is COc1ccc(/C=C(\C)C2NNC(=O)CC2C)cc1S(C)=O. The molecule has 1 aliphatic rings. The van der Waals surface area contributed by atoms with Crippen molar-refractivity contribution in [3.63, 3.8) is 0 Å². The fraction of sp³-hybridized carbons (Fsp3) is 0.438. The van der Waals surface area contributed by atoms with Crippen LogP contribution in [0.3, 0.4) is 0 Å². The summed E-state index contributed by atoms with van der Waals surface area (Å²) in [5, 5.41) is 0. The second kappa shape index (κ2) is 7.07. The Bertz CT molecular complexity index is 628. The molecule has 22 heavy (non-hydrogen) atoms. The first kappa shape index (κ1) is 16.7. The van der Waals surface area contributed by atoms with E-state index < -0.39 is 10.8 Å². The summed E-state index contributed by atoms with van der Waals surface area (Å²) in [7, 11) is 0.463. The number of hydrazine groups is 1. The number of hydrogen-bond acceptors (Lipinski definition) is 4. The van der Waals surface area contributed by atoms with Gasteiger partial charge in [-0.1, -0.05) is 24.6 Å². The monoisotopic (exact) mass is 322 g/mol. The van der Waals surface area contributed by atoms with E-state index in [0.29, 0.717) is 17.1 Å². The van der Waals surface area contributed by atoms with Crippen LogP contribution in [0.15, 0.2) is 28.7 Å². The highest BCUT2D eigenvalue weighted by atomic mass is 32.2. The predicted octanol–water partition coefficient (Wildman–Crippen LogP) is 1.87. The first-order valence-corrected chi connectivity index (χ1v) is 8.72. The molecule has 1 saturated heterocycles. The van der Waals surface area contributed by atoms with Gasteiger partial charge in [0.05, 0.1) is 28.8 Å². The molecule has 0 saturated carbocycles. The van der Waals surface area contributed by atoms with E-state index in [2.05, 4.69) is 10.9 Å². The Hall–Kier alpha value is -1.66. The van der Waals surface area contributed by atoms with Crippen molar-refractivity contribution >= 4 is 22.8 Å². The lowest BCUT2D eigenvalue weighted by Crippen LogP contribution is -2.53. The summed E-state index contributed by atoms with van der Waals surface area (Å²) in [6.07, 6.45) is 4.19. The fourth-order valence-corrected chi connectivity index (χ4v) is 3.42. The lowest BCUT2D eigenvalue weighted by Gasteiger charge is -2.30. The number of ether oxygens (including phenoxy) is 1. The molecule has 1 aromatic carbocycles. The zero-order chi connectivity index (χ0) is 16.3. The van der Waals surface area contributed by atoms with Crippen LogP contribution in [-0.4, -0.2) is 29.5 Å². The highest BCUT2D eigenvalue weighted by Crippen LogP contribution is 2.25. The van der Waals surface area contributed by atoms with E-state index in [1.807, 2.05) is 38.1 Å². The molecule has 5 nitrogen and oxygen atoms in total. The van der Waals surface area contributed by atoms with Crippen molar-refractivity contribution in [2.24, 2.45) is 5.92 Å². The lowest BCUT2D eigenvalue weighted by atomic mass is 9.90. The Kier molecular flexibility index (Phi) is 5.37. The number of carbonyl (C=O) groups is 1. The average Bonchev–Trinajstić information content (AvgIpc) is 2.46. The summed E-state index contributed by atoms with van der Waals surface area (Å²) in [6, 6.07) is 5.74. The van der Waals surface area contributed by atoms with Crippen molar-refractivity contribution in [1.82, 2.24) is 10.9 Å². The van der Waals surface area contributed by atoms with Crippen LogP contribution in [0.4, 0.5) is 0 Å². The topological polar surface area (TPSA) is 67.4 Å². The third-order valence-corrected chi connectivity index (χ3v) is 4.76. The normalized spacial score (nSPS) is 23.8. The molecule has 1 fully saturated rings. The molecule has 2 rings (SSSR count). The van der Waals surface area contributed by atoms with Gasteiger partial charge in [-0.3, -0.25) is 14.4 Å². The molecule has 1 aromatic rings. The molecular weight excluding hydrogens is 300 g/mol. The maximum Gasteiger partial charge on any atom is 0.234 e. The van der Waals surface area contributed by atoms with Crippen LogP contribution in [0.2, 0.25) is 0 Å². The molecule has 0 spiro atoms. The molecule has 1 amide bonds. The van der Waals surface area contributed by atoms with Crippen molar-refractivity contribution in [3.8, 4) is 5.75 Å². The zero-order valence-corrected chi connectivity index (χ0v) is 14.1. The highest BCUT2D eigenvalue weighted by Gasteiger charge is 2.26. The molecule has 120 valence electrons. The Morgan fingerprint density at radius 3 is 2.77 bits per heavy atom. The van der Waals surface area contributed by atoms with Gasteiger partial charge < -0.3 is 4.74 Å². The molecule has 0 radical (unpaired) electrons. The second-order valence-corrected chi connectivity index (χ2v) is 6.95. The predicted molar refractivity (Wildman–Crippen MR) is 87.8 cm³/mol. The van der Waals surface area contributed by atoms with E-state index in [1.165, 1.54) is 0 Å². The molecule has 0 aliphatic carbocycles. The molecule has 2 N–H and O–H groups in total. The Labute approximate surface area is 133 Å². The smallest absolute Gasteiger partial charge is 0.234 e. The first-order valence-electron chi connectivity index (χ1n) is 7.16. The van der Waals surface area contributed by atoms with E-state index in [1.54, 1.807) is 13.4 Å². The summed E-state index contributed by atoms with van der Waals surface area (Å²) >= 11 is 0. The van der Waals surface area contributed by atoms with Crippen molar-refractivity contribution in [1.29, 1.82) is 0 Å². The maximum absolute atomic E-state index is 11.8. The van der Waals surface area contributed by atoms with Crippen LogP contribution in [0, 0.1) is 5.92 Å². The number of hydrogen-bond donors (Lipinski definition) is 2. The quantitative estimate of drug-likeness (QED) is 0.888. The average molecular weight is 322 g/mol. The van der Waals surface area contributed by atoms with E-state index >= 15 is 0 Å². The molecule has 3 atom stereocenters. The summed E-state index contributed by atoms with van der Waals surface area (Å²) in [4.78, 5) is 12.0. The van der Waals surface area contributed by atoms with Crippen molar-refractivity contribution in [2.45, 2.75) is 31.2 Å². The minimum absolute atomic E-state index is 0.0182. The van der Waals surface area contributed by atoms with Crippen LogP contribution < -0.4 is 15.6 Å². The van der Waals surface area contributed by atoms with Gasteiger partial charge in [-0.15, -0.1) is 0 Å². The van der Waals surface area contributed by atoms with Crippen LogP contribution in [0.5, 0.6) is 5.75 Å². The molecular formula is C16H22N2O3S. The van der Waals surface area contributed by atoms with E-state index in [-0.39, 0.29) is 17.9 Å². The van der Waals surface area contributed by atoms with E-state index in [0.717, 1.165) is 11.1 Å². The van der Waals surface area contributed by atoms with Crippen LogP contribution in [-0.2, 0) is 15.6 Å². The Morgan fingerprint density at radius 2 is 2.18 bits per heavy atom. The third-order valence-electron chi connectivity index (χ3n) is 3.83. The van der Waals surface area contributed by atoms with Gasteiger partial charge in [0, 0.05) is 12.7 Å². The van der Waals surface area contributed by atoms with Crippen molar-refractivity contribution < 1.29 is 13.7 Å². The summed E-state index contributed by atoms with van der Waals surface area (Å²) < 4.78 is 17.0. The van der Waals surface area contributed by atoms with Crippen molar-refractivity contribution in [3.05, 3.63) is 29.3 Å². The van der Waals surface area contributed by atoms with Crippen LogP contribution in [0.1, 0.15) is 25.8 Å². The van der Waals surface area contributed by atoms with E-state index in [9.17, 15) is 9.00 Å². The van der Waals surface area contributed by atoms with Gasteiger partial charge in [0.1, 0.15) is 5.75 Å². The van der Waals surface area contributed by atoms with Crippen LogP contribution in [0.25, 0.3) is 6.08 Å². The highest BCUT2D eigenvalue weighted by molar-refractivity contribution is 7.84. The van der Waals surface area contributed by atoms with Gasteiger partial charge in [-0.05, 0) is 30.5 Å². The molecule has 1 heterocycles. The number of benzene rings is 1. The molecule has 6 heteroatoms. The number of carbonyl (C=O) groups excluding carboxylic acids is 1. The Morgan fingerprint density at radius 1 is 1.45 bits per heavy atom. The minimum atomic E-state index is -1.11. The lowest BCUT2D eigenvalue weighted by molar-refractivity contribution is -0.125. The summed E-state index contributed by atoms with van der Waals surface area (Å²) in [5.74, 6) is 0.875. The molecule has 3 unspecified atom stereocenters. The van der Waals surface area contributed by atoms with Gasteiger partial charge in [-0.25, -0.2) is 5.43 Å². The standard InChI is InChI=1S/C16H22N2O3S/c1-10(16-11(2)8-15(19)17-18-16)7-12-5-6-13(21-3)14(9-12)22(4)20/h5-7,9,11,16,18H,8H2,1-4H3,(H,17,19)/b10-7+. The fourth-order valence-electron chi connectivity index (χ4n) is 2.68. The zero-order valence-electron chi connectivity index (χ0n) is 13.3.